The van der Waals surface area contributed by atoms with Crippen LogP contribution in [0.15, 0.2) is 12.1 Å². The van der Waals surface area contributed by atoms with Gasteiger partial charge in [-0.05, 0) is 25.0 Å². The number of nitrogen functional groups attached to an aromatic ring is 1. The largest absolute Gasteiger partial charge is 0.399 e. The van der Waals surface area contributed by atoms with E-state index in [1.54, 1.807) is 6.07 Å². The van der Waals surface area contributed by atoms with E-state index in [1.807, 2.05) is 6.92 Å². The number of halogens is 2. The van der Waals surface area contributed by atoms with Crippen LogP contribution in [0.3, 0.4) is 0 Å². The maximum absolute atomic E-state index is 12.2. The standard InChI is InChI=1S/C14H20Cl2N2O/c1-4-9(5-2)8(3)18-14(19)11-6-10(17)7-12(15)13(11)16/h6-9H,4-5,17H2,1-3H3,(H,18,19). The lowest BCUT2D eigenvalue weighted by Gasteiger charge is -2.22. The van der Waals surface area contributed by atoms with Gasteiger partial charge in [-0.25, -0.2) is 0 Å². The highest BCUT2D eigenvalue weighted by Gasteiger charge is 2.19. The minimum absolute atomic E-state index is 0.0822. The van der Waals surface area contributed by atoms with Gasteiger partial charge in [0.15, 0.2) is 0 Å². The molecule has 106 valence electrons. The summed E-state index contributed by atoms with van der Waals surface area (Å²) in [7, 11) is 0. The van der Waals surface area contributed by atoms with Gasteiger partial charge in [0.2, 0.25) is 0 Å². The Hall–Kier alpha value is -0.930. The molecule has 0 aromatic heterocycles. The molecular weight excluding hydrogens is 283 g/mol. The number of amides is 1. The number of hydrogen-bond donors (Lipinski definition) is 2. The molecule has 0 aliphatic carbocycles. The summed E-state index contributed by atoms with van der Waals surface area (Å²) in [6.07, 6.45) is 2.03. The third-order valence-corrected chi connectivity index (χ3v) is 4.21. The molecule has 1 amide bonds. The van der Waals surface area contributed by atoms with E-state index in [0.29, 0.717) is 22.2 Å². The van der Waals surface area contributed by atoms with E-state index < -0.39 is 0 Å². The number of hydrogen-bond acceptors (Lipinski definition) is 2. The van der Waals surface area contributed by atoms with Crippen LogP contribution >= 0.6 is 23.2 Å². The summed E-state index contributed by atoms with van der Waals surface area (Å²) in [5, 5.41) is 3.49. The van der Waals surface area contributed by atoms with Gasteiger partial charge in [0.05, 0.1) is 15.6 Å². The molecule has 0 fully saturated rings. The van der Waals surface area contributed by atoms with Gasteiger partial charge in [0, 0.05) is 11.7 Å². The predicted molar refractivity (Wildman–Crippen MR) is 81.9 cm³/mol. The minimum atomic E-state index is -0.237. The smallest absolute Gasteiger partial charge is 0.253 e. The average Bonchev–Trinajstić information content (AvgIpc) is 2.35. The monoisotopic (exact) mass is 302 g/mol. The Balaban J connectivity index is 2.90. The summed E-state index contributed by atoms with van der Waals surface area (Å²) < 4.78 is 0. The van der Waals surface area contributed by atoms with Gasteiger partial charge in [0.1, 0.15) is 0 Å². The SMILES string of the molecule is CCC(CC)C(C)NC(=O)c1cc(N)cc(Cl)c1Cl. The van der Waals surface area contributed by atoms with Gasteiger partial charge in [0.25, 0.3) is 5.91 Å². The molecule has 0 saturated carbocycles. The molecule has 5 heteroatoms. The molecule has 0 aliphatic rings. The molecule has 1 aromatic rings. The molecule has 0 heterocycles. The molecule has 0 bridgehead atoms. The molecule has 0 radical (unpaired) electrons. The van der Waals surface area contributed by atoms with E-state index in [9.17, 15) is 4.79 Å². The Labute approximate surface area is 124 Å². The Morgan fingerprint density at radius 3 is 2.42 bits per heavy atom. The number of nitrogens with one attached hydrogen (secondary N) is 1. The third kappa shape index (κ3) is 4.02. The number of benzene rings is 1. The van der Waals surface area contributed by atoms with Crippen molar-refractivity contribution in [3.8, 4) is 0 Å². The van der Waals surface area contributed by atoms with Crippen molar-refractivity contribution in [2.45, 2.75) is 39.7 Å². The average molecular weight is 303 g/mol. The Kier molecular flexibility index (Phi) is 5.95. The number of nitrogens with two attached hydrogens (primary N) is 1. The van der Waals surface area contributed by atoms with Crippen molar-refractivity contribution < 1.29 is 4.79 Å². The molecule has 1 atom stereocenters. The van der Waals surface area contributed by atoms with Crippen LogP contribution in [-0.2, 0) is 0 Å². The highest BCUT2D eigenvalue weighted by atomic mass is 35.5. The molecule has 1 unspecified atom stereocenters. The highest BCUT2D eigenvalue weighted by molar-refractivity contribution is 6.44. The Bertz CT molecular complexity index is 459. The van der Waals surface area contributed by atoms with Crippen molar-refractivity contribution >= 4 is 34.8 Å². The molecule has 1 aromatic carbocycles. The van der Waals surface area contributed by atoms with Gasteiger partial charge in [-0.3, -0.25) is 4.79 Å². The molecule has 3 N–H and O–H groups in total. The predicted octanol–water partition coefficient (Wildman–Crippen LogP) is 4.13. The topological polar surface area (TPSA) is 55.1 Å². The number of carbonyl (C=O) groups is 1. The van der Waals surface area contributed by atoms with Crippen LogP contribution in [0, 0.1) is 5.92 Å². The fourth-order valence-corrected chi connectivity index (χ4v) is 2.60. The summed E-state index contributed by atoms with van der Waals surface area (Å²) in [5.41, 5.74) is 6.44. The van der Waals surface area contributed by atoms with E-state index in [2.05, 4.69) is 19.2 Å². The Morgan fingerprint density at radius 1 is 1.32 bits per heavy atom. The fourth-order valence-electron chi connectivity index (χ4n) is 2.17. The number of anilines is 1. The molecular formula is C14H20Cl2N2O. The maximum Gasteiger partial charge on any atom is 0.253 e. The quantitative estimate of drug-likeness (QED) is 0.804. The Morgan fingerprint density at radius 2 is 1.89 bits per heavy atom. The van der Waals surface area contributed by atoms with Gasteiger partial charge in [-0.2, -0.15) is 0 Å². The summed E-state index contributed by atoms with van der Waals surface area (Å²) in [6, 6.07) is 3.16. The van der Waals surface area contributed by atoms with E-state index in [4.69, 9.17) is 28.9 Å². The summed E-state index contributed by atoms with van der Waals surface area (Å²) in [5.74, 6) is 0.206. The molecule has 0 saturated heterocycles. The van der Waals surface area contributed by atoms with Crippen molar-refractivity contribution in [1.29, 1.82) is 0 Å². The van der Waals surface area contributed by atoms with Gasteiger partial charge in [-0.15, -0.1) is 0 Å². The van der Waals surface area contributed by atoms with Crippen LogP contribution in [0.4, 0.5) is 5.69 Å². The first-order valence-electron chi connectivity index (χ1n) is 6.46. The van der Waals surface area contributed by atoms with E-state index >= 15 is 0 Å². The zero-order chi connectivity index (χ0) is 14.6. The molecule has 3 nitrogen and oxygen atoms in total. The van der Waals surface area contributed by atoms with Crippen LogP contribution < -0.4 is 11.1 Å². The van der Waals surface area contributed by atoms with Gasteiger partial charge < -0.3 is 11.1 Å². The van der Waals surface area contributed by atoms with Crippen molar-refractivity contribution in [3.05, 3.63) is 27.7 Å². The number of carbonyl (C=O) groups excluding carboxylic acids is 1. The second kappa shape index (κ2) is 7.01. The second-order valence-corrected chi connectivity index (χ2v) is 5.49. The van der Waals surface area contributed by atoms with Crippen molar-refractivity contribution in [2.75, 3.05) is 5.73 Å². The summed E-state index contributed by atoms with van der Waals surface area (Å²) >= 11 is 12.0. The number of rotatable bonds is 5. The van der Waals surface area contributed by atoms with Crippen molar-refractivity contribution in [2.24, 2.45) is 5.92 Å². The van der Waals surface area contributed by atoms with Crippen LogP contribution in [0.1, 0.15) is 44.0 Å². The van der Waals surface area contributed by atoms with Crippen LogP contribution in [0.5, 0.6) is 0 Å². The molecule has 0 aliphatic heterocycles. The van der Waals surface area contributed by atoms with E-state index in [1.165, 1.54) is 6.07 Å². The van der Waals surface area contributed by atoms with Crippen LogP contribution in [0.2, 0.25) is 10.0 Å². The van der Waals surface area contributed by atoms with Crippen LogP contribution in [-0.4, -0.2) is 11.9 Å². The fraction of sp³-hybridized carbons (Fsp3) is 0.500. The lowest BCUT2D eigenvalue weighted by Crippen LogP contribution is -2.37. The lowest BCUT2D eigenvalue weighted by atomic mass is 9.95. The second-order valence-electron chi connectivity index (χ2n) is 4.70. The van der Waals surface area contributed by atoms with E-state index in [-0.39, 0.29) is 17.0 Å². The molecule has 0 spiro atoms. The summed E-state index contributed by atoms with van der Waals surface area (Å²) in [6.45, 7) is 6.22. The van der Waals surface area contributed by atoms with Gasteiger partial charge in [-0.1, -0.05) is 49.9 Å². The third-order valence-electron chi connectivity index (χ3n) is 3.41. The minimum Gasteiger partial charge on any atom is -0.399 e. The van der Waals surface area contributed by atoms with E-state index in [0.717, 1.165) is 12.8 Å². The lowest BCUT2D eigenvalue weighted by molar-refractivity contribution is 0.0925. The highest BCUT2D eigenvalue weighted by Crippen LogP contribution is 2.29. The molecule has 1 rings (SSSR count). The summed E-state index contributed by atoms with van der Waals surface area (Å²) in [4.78, 5) is 12.2. The zero-order valence-electron chi connectivity index (χ0n) is 11.5. The first-order chi connectivity index (χ1) is 8.90. The van der Waals surface area contributed by atoms with Crippen molar-refractivity contribution in [1.82, 2.24) is 5.32 Å². The van der Waals surface area contributed by atoms with Crippen LogP contribution in [0.25, 0.3) is 0 Å². The normalized spacial score (nSPS) is 12.5. The van der Waals surface area contributed by atoms with Gasteiger partial charge >= 0.3 is 0 Å². The van der Waals surface area contributed by atoms with Crippen molar-refractivity contribution in [3.63, 3.8) is 0 Å². The zero-order valence-corrected chi connectivity index (χ0v) is 13.0. The first-order valence-corrected chi connectivity index (χ1v) is 7.21. The maximum atomic E-state index is 12.2. The molecule has 19 heavy (non-hydrogen) atoms. The first kappa shape index (κ1) is 16.1.